The number of carbonyl (C=O) groups is 1. The maximum atomic E-state index is 13.4. The molecule has 0 aliphatic rings. The Kier molecular flexibility index (Phi) is 5.09. The first-order valence-electron chi connectivity index (χ1n) is 8.86. The fourth-order valence-corrected chi connectivity index (χ4v) is 3.38. The smallest absolute Gasteiger partial charge is 0.276 e. The maximum absolute atomic E-state index is 13.4. The molecular weight excluding hydrogens is 389 g/mol. The molecule has 0 radical (unpaired) electrons. The Morgan fingerprint density at radius 2 is 1.76 bits per heavy atom. The summed E-state index contributed by atoms with van der Waals surface area (Å²) in [5.74, 6) is -0.153. The first kappa shape index (κ1) is 18.8. The summed E-state index contributed by atoms with van der Waals surface area (Å²) in [6, 6.07) is 13.7. The molecule has 8 heteroatoms. The van der Waals surface area contributed by atoms with E-state index in [1.54, 1.807) is 23.7 Å². The van der Waals surface area contributed by atoms with Gasteiger partial charge in [-0.1, -0.05) is 0 Å². The molecule has 4 aromatic rings. The predicted octanol–water partition coefficient (Wildman–Crippen LogP) is 4.66. The zero-order valence-electron chi connectivity index (χ0n) is 15.8. The molecule has 0 unspecified atom stereocenters. The van der Waals surface area contributed by atoms with E-state index in [0.717, 1.165) is 11.3 Å². The third kappa shape index (κ3) is 4.02. The number of nitrogens with zero attached hydrogens (tertiary/aromatic N) is 3. The standard InChI is InChI=1S/C21H18FN5OS/c1-27(2)16-9-5-14(6-10-16)19-24-17(13-3-7-15(22)8-4-13)18(25-19)20(28)26-21-23-11-12-29-21/h3-12H,1-2H3,(H,24,25)(H,23,26,28). The first-order chi connectivity index (χ1) is 14.0. The second-order valence-corrected chi connectivity index (χ2v) is 7.44. The number of imidazole rings is 1. The van der Waals surface area contributed by atoms with Gasteiger partial charge in [-0.25, -0.2) is 14.4 Å². The van der Waals surface area contributed by atoms with E-state index >= 15 is 0 Å². The fraction of sp³-hybridized carbons (Fsp3) is 0.0952. The minimum atomic E-state index is -0.358. The van der Waals surface area contributed by atoms with Crippen LogP contribution in [0, 0.1) is 5.82 Å². The summed E-state index contributed by atoms with van der Waals surface area (Å²) < 4.78 is 13.4. The van der Waals surface area contributed by atoms with Crippen LogP contribution < -0.4 is 10.2 Å². The number of H-pyrrole nitrogens is 1. The number of carbonyl (C=O) groups excluding carboxylic acids is 1. The van der Waals surface area contributed by atoms with Crippen molar-refractivity contribution in [1.29, 1.82) is 0 Å². The summed E-state index contributed by atoms with van der Waals surface area (Å²) in [7, 11) is 3.94. The van der Waals surface area contributed by atoms with Gasteiger partial charge in [0, 0.05) is 42.5 Å². The van der Waals surface area contributed by atoms with Crippen molar-refractivity contribution in [1.82, 2.24) is 15.0 Å². The normalized spacial score (nSPS) is 10.7. The summed E-state index contributed by atoms with van der Waals surface area (Å²) in [4.78, 5) is 26.7. The molecule has 0 atom stereocenters. The molecule has 1 amide bonds. The number of benzene rings is 2. The summed E-state index contributed by atoms with van der Waals surface area (Å²) in [6.07, 6.45) is 1.62. The quantitative estimate of drug-likeness (QED) is 0.505. The van der Waals surface area contributed by atoms with Gasteiger partial charge in [-0.05, 0) is 48.5 Å². The van der Waals surface area contributed by atoms with Crippen LogP contribution in [-0.2, 0) is 0 Å². The van der Waals surface area contributed by atoms with Crippen LogP contribution >= 0.6 is 11.3 Å². The van der Waals surface area contributed by atoms with Gasteiger partial charge in [0.1, 0.15) is 23.0 Å². The summed E-state index contributed by atoms with van der Waals surface area (Å²) >= 11 is 1.33. The second kappa shape index (κ2) is 7.84. The lowest BCUT2D eigenvalue weighted by molar-refractivity contribution is 0.102. The number of nitrogens with one attached hydrogen (secondary N) is 2. The van der Waals surface area contributed by atoms with E-state index in [9.17, 15) is 9.18 Å². The fourth-order valence-electron chi connectivity index (χ4n) is 2.85. The van der Waals surface area contributed by atoms with Gasteiger partial charge < -0.3 is 9.88 Å². The maximum Gasteiger partial charge on any atom is 0.276 e. The van der Waals surface area contributed by atoms with E-state index in [1.165, 1.54) is 23.5 Å². The summed E-state index contributed by atoms with van der Waals surface area (Å²) in [5.41, 5.74) is 3.28. The lowest BCUT2D eigenvalue weighted by Gasteiger charge is -2.12. The Hall–Kier alpha value is -3.52. The number of aromatic nitrogens is 3. The predicted molar refractivity (Wildman–Crippen MR) is 114 cm³/mol. The van der Waals surface area contributed by atoms with Crippen molar-refractivity contribution in [2.24, 2.45) is 0 Å². The molecular formula is C21H18FN5OS. The number of anilines is 2. The number of halogens is 1. The van der Waals surface area contributed by atoms with Gasteiger partial charge in [0.2, 0.25) is 0 Å². The Morgan fingerprint density at radius 1 is 1.07 bits per heavy atom. The number of hydrogen-bond donors (Lipinski definition) is 2. The molecule has 2 heterocycles. The molecule has 2 N–H and O–H groups in total. The average molecular weight is 407 g/mol. The SMILES string of the molecule is CN(C)c1ccc(-c2nc(-c3ccc(F)cc3)c(C(=O)Nc3nccs3)[nH]2)cc1. The molecule has 0 aliphatic heterocycles. The molecule has 0 bridgehead atoms. The lowest BCUT2D eigenvalue weighted by Crippen LogP contribution is -2.13. The zero-order valence-corrected chi connectivity index (χ0v) is 16.6. The summed E-state index contributed by atoms with van der Waals surface area (Å²) in [6.45, 7) is 0. The molecule has 0 fully saturated rings. The van der Waals surface area contributed by atoms with Crippen molar-refractivity contribution in [3.05, 3.63) is 71.6 Å². The molecule has 0 aliphatic carbocycles. The topological polar surface area (TPSA) is 73.9 Å². The van der Waals surface area contributed by atoms with Crippen LogP contribution in [0.3, 0.4) is 0 Å². The van der Waals surface area contributed by atoms with Crippen LogP contribution in [0.25, 0.3) is 22.6 Å². The molecule has 0 spiro atoms. The van der Waals surface area contributed by atoms with E-state index in [1.807, 2.05) is 43.3 Å². The molecule has 4 rings (SSSR count). The zero-order chi connectivity index (χ0) is 20.4. The molecule has 29 heavy (non-hydrogen) atoms. The summed E-state index contributed by atoms with van der Waals surface area (Å²) in [5, 5.41) is 5.04. The van der Waals surface area contributed by atoms with Crippen LogP contribution in [0.1, 0.15) is 10.5 Å². The molecule has 0 saturated carbocycles. The minimum Gasteiger partial charge on any atom is -0.378 e. The highest BCUT2D eigenvalue weighted by molar-refractivity contribution is 7.13. The van der Waals surface area contributed by atoms with Gasteiger partial charge in [-0.3, -0.25) is 10.1 Å². The first-order valence-corrected chi connectivity index (χ1v) is 9.74. The molecule has 2 aromatic heterocycles. The van der Waals surface area contributed by atoms with Crippen molar-refractivity contribution in [3.8, 4) is 22.6 Å². The van der Waals surface area contributed by atoms with Gasteiger partial charge in [0.05, 0.1) is 0 Å². The molecule has 0 saturated heterocycles. The Bertz CT molecular complexity index is 1120. The third-order valence-corrected chi connectivity index (χ3v) is 5.05. The highest BCUT2D eigenvalue weighted by Gasteiger charge is 2.20. The molecule has 2 aromatic carbocycles. The van der Waals surface area contributed by atoms with Crippen LogP contribution in [0.2, 0.25) is 0 Å². The van der Waals surface area contributed by atoms with Crippen LogP contribution in [0.5, 0.6) is 0 Å². The van der Waals surface area contributed by atoms with Gasteiger partial charge in [-0.2, -0.15) is 0 Å². The number of aromatic amines is 1. The molecule has 6 nitrogen and oxygen atoms in total. The lowest BCUT2D eigenvalue weighted by atomic mass is 10.1. The van der Waals surface area contributed by atoms with Crippen molar-refractivity contribution in [2.45, 2.75) is 0 Å². The average Bonchev–Trinajstić information content (AvgIpc) is 3.38. The second-order valence-electron chi connectivity index (χ2n) is 6.55. The Morgan fingerprint density at radius 3 is 2.38 bits per heavy atom. The van der Waals surface area contributed by atoms with Gasteiger partial charge in [-0.15, -0.1) is 11.3 Å². The highest BCUT2D eigenvalue weighted by atomic mass is 32.1. The number of thiazole rings is 1. The van der Waals surface area contributed by atoms with E-state index in [-0.39, 0.29) is 11.7 Å². The van der Waals surface area contributed by atoms with Gasteiger partial charge in [0.15, 0.2) is 5.13 Å². The van der Waals surface area contributed by atoms with E-state index < -0.39 is 0 Å². The monoisotopic (exact) mass is 407 g/mol. The van der Waals surface area contributed by atoms with Crippen molar-refractivity contribution in [2.75, 3.05) is 24.3 Å². The largest absolute Gasteiger partial charge is 0.378 e. The number of rotatable bonds is 5. The third-order valence-electron chi connectivity index (χ3n) is 4.36. The van der Waals surface area contributed by atoms with Crippen LogP contribution in [0.15, 0.2) is 60.1 Å². The van der Waals surface area contributed by atoms with Crippen molar-refractivity contribution in [3.63, 3.8) is 0 Å². The Balaban J connectivity index is 1.75. The van der Waals surface area contributed by atoms with E-state index in [4.69, 9.17) is 0 Å². The minimum absolute atomic E-state index is 0.290. The highest BCUT2D eigenvalue weighted by Crippen LogP contribution is 2.28. The van der Waals surface area contributed by atoms with Crippen molar-refractivity contribution >= 4 is 28.1 Å². The number of hydrogen-bond acceptors (Lipinski definition) is 5. The van der Waals surface area contributed by atoms with Crippen LogP contribution in [0.4, 0.5) is 15.2 Å². The van der Waals surface area contributed by atoms with E-state index in [0.29, 0.717) is 27.9 Å². The van der Waals surface area contributed by atoms with Crippen LogP contribution in [-0.4, -0.2) is 35.0 Å². The number of amides is 1. The van der Waals surface area contributed by atoms with Gasteiger partial charge in [0.25, 0.3) is 5.91 Å². The Labute approximate surface area is 171 Å². The van der Waals surface area contributed by atoms with Gasteiger partial charge >= 0.3 is 0 Å². The van der Waals surface area contributed by atoms with Crippen molar-refractivity contribution < 1.29 is 9.18 Å². The molecule has 146 valence electrons. The van der Waals surface area contributed by atoms with E-state index in [2.05, 4.69) is 20.3 Å².